The fourth-order valence-electron chi connectivity index (χ4n) is 8.70. The first-order valence-corrected chi connectivity index (χ1v) is 24.7. The van der Waals surface area contributed by atoms with E-state index in [1.807, 2.05) is 0 Å². The fourth-order valence-corrected chi connectivity index (χ4v) is 11.9. The average Bonchev–Trinajstić information content (AvgIpc) is 3.52. The Balaban J connectivity index is 1.66. The van der Waals surface area contributed by atoms with Crippen LogP contribution in [0.15, 0.2) is 64.2 Å². The maximum absolute atomic E-state index is 15.2. The summed E-state index contributed by atoms with van der Waals surface area (Å²) < 4.78 is 1.60. The van der Waals surface area contributed by atoms with E-state index in [9.17, 15) is 0 Å². The first kappa shape index (κ1) is 30.5. The molecule has 47 heavy (non-hydrogen) atoms. The standard InChI is InChI=1S/C42H45NO2Si2/c1-9-11-14-25-16-13-17-26(15-12-10-2)40(25)43-41(44)38-29-22-31(46(3,4)5)27-20-18-24-19-21-28-32(47(6,7)8)23-30(39(38)42(43)45)37-35(28)33(24)34(27)36(29)37/h13,16-23H,9-12,14-15H2,1-8H3. The summed E-state index contributed by atoms with van der Waals surface area (Å²) in [6.07, 6.45) is 5.88. The number of fused-ring (bicyclic) bond motifs is 3. The van der Waals surface area contributed by atoms with Crippen molar-refractivity contribution in [2.24, 2.45) is 0 Å². The van der Waals surface area contributed by atoms with Crippen LogP contribution < -0.4 is 21.5 Å². The molecule has 238 valence electrons. The van der Waals surface area contributed by atoms with E-state index in [1.54, 1.807) is 4.57 Å². The number of aryl methyl sites for hydroxylation is 2. The molecule has 0 unspecified atom stereocenters. The van der Waals surface area contributed by atoms with Crippen molar-refractivity contribution in [2.75, 3.05) is 0 Å². The van der Waals surface area contributed by atoms with Crippen LogP contribution in [0.5, 0.6) is 0 Å². The molecule has 1 heterocycles. The molecule has 1 aromatic heterocycles. The van der Waals surface area contributed by atoms with Gasteiger partial charge in [-0.25, -0.2) is 4.57 Å². The van der Waals surface area contributed by atoms with Crippen LogP contribution in [0.2, 0.25) is 39.3 Å². The monoisotopic (exact) mass is 651 g/mol. The number of benzene rings is 6. The van der Waals surface area contributed by atoms with Gasteiger partial charge < -0.3 is 0 Å². The van der Waals surface area contributed by atoms with Crippen LogP contribution in [0.3, 0.4) is 0 Å². The maximum Gasteiger partial charge on any atom is 0.266 e. The van der Waals surface area contributed by atoms with Crippen molar-refractivity contribution in [1.82, 2.24) is 4.57 Å². The predicted octanol–water partition coefficient (Wildman–Crippen LogP) is 9.64. The lowest BCUT2D eigenvalue weighted by Gasteiger charge is -2.21. The molecular weight excluding hydrogens is 607 g/mol. The second-order valence-electron chi connectivity index (χ2n) is 16.1. The smallest absolute Gasteiger partial charge is 0.266 e. The van der Waals surface area contributed by atoms with E-state index < -0.39 is 16.1 Å². The zero-order valence-corrected chi connectivity index (χ0v) is 31.2. The number of nitrogens with zero attached hydrogens (tertiary/aromatic N) is 1. The van der Waals surface area contributed by atoms with Crippen molar-refractivity contribution < 1.29 is 0 Å². The molecule has 0 spiro atoms. The number of hydrogen-bond acceptors (Lipinski definition) is 2. The molecule has 5 heteroatoms. The number of hydrogen-bond donors (Lipinski definition) is 0. The minimum atomic E-state index is -1.86. The van der Waals surface area contributed by atoms with Gasteiger partial charge in [-0.15, -0.1) is 0 Å². The van der Waals surface area contributed by atoms with Gasteiger partial charge in [0.25, 0.3) is 11.1 Å². The van der Waals surface area contributed by atoms with Crippen molar-refractivity contribution >= 4 is 91.2 Å². The molecular formula is C42H45NO2Si2. The van der Waals surface area contributed by atoms with E-state index in [2.05, 4.69) is 108 Å². The van der Waals surface area contributed by atoms with Crippen molar-refractivity contribution in [3.8, 4) is 5.69 Å². The van der Waals surface area contributed by atoms with E-state index in [1.165, 1.54) is 53.5 Å². The average molecular weight is 652 g/mol. The van der Waals surface area contributed by atoms with E-state index in [4.69, 9.17) is 0 Å². The lowest BCUT2D eigenvalue weighted by molar-refractivity contribution is 0.765. The Hall–Kier alpha value is -3.81. The van der Waals surface area contributed by atoms with Gasteiger partial charge in [-0.3, -0.25) is 9.59 Å². The van der Waals surface area contributed by atoms with Gasteiger partial charge in [-0.1, -0.05) is 131 Å². The lowest BCUT2D eigenvalue weighted by Crippen LogP contribution is -2.38. The third kappa shape index (κ3) is 4.15. The molecule has 0 saturated carbocycles. The van der Waals surface area contributed by atoms with Gasteiger partial charge >= 0.3 is 0 Å². The minimum Gasteiger partial charge on any atom is -0.268 e. The largest absolute Gasteiger partial charge is 0.268 e. The molecule has 0 aliphatic heterocycles. The Morgan fingerprint density at radius 3 is 1.36 bits per heavy atom. The summed E-state index contributed by atoms with van der Waals surface area (Å²) in [5.41, 5.74) is 2.78. The predicted molar refractivity (Wildman–Crippen MR) is 211 cm³/mol. The molecule has 0 fully saturated rings. The van der Waals surface area contributed by atoms with E-state index >= 15 is 9.59 Å². The molecule has 0 amide bonds. The third-order valence-corrected chi connectivity index (χ3v) is 15.0. The number of para-hydroxylation sites is 1. The molecule has 0 aliphatic carbocycles. The van der Waals surface area contributed by atoms with Gasteiger partial charge in [0.05, 0.1) is 32.6 Å². The Morgan fingerprint density at radius 2 is 0.957 bits per heavy atom. The summed E-state index contributed by atoms with van der Waals surface area (Å²) in [7, 11) is -3.71. The van der Waals surface area contributed by atoms with Gasteiger partial charge in [0, 0.05) is 0 Å². The van der Waals surface area contributed by atoms with Crippen LogP contribution in [-0.2, 0) is 12.8 Å². The van der Waals surface area contributed by atoms with E-state index in [0.717, 1.165) is 66.1 Å². The second-order valence-corrected chi connectivity index (χ2v) is 26.2. The molecule has 0 radical (unpaired) electrons. The second kappa shape index (κ2) is 10.3. The molecule has 0 N–H and O–H groups in total. The van der Waals surface area contributed by atoms with Crippen LogP contribution in [0.4, 0.5) is 0 Å². The molecule has 3 nitrogen and oxygen atoms in total. The molecule has 8 rings (SSSR count). The quantitative estimate of drug-likeness (QED) is 0.115. The van der Waals surface area contributed by atoms with E-state index in [0.29, 0.717) is 10.8 Å². The highest BCUT2D eigenvalue weighted by Gasteiger charge is 2.33. The summed E-state index contributed by atoms with van der Waals surface area (Å²) in [4.78, 5) is 30.3. The lowest BCUT2D eigenvalue weighted by atomic mass is 9.95. The number of aromatic nitrogens is 1. The summed E-state index contributed by atoms with van der Waals surface area (Å²) >= 11 is 0. The number of rotatable bonds is 9. The van der Waals surface area contributed by atoms with Crippen molar-refractivity contribution in [2.45, 2.75) is 91.7 Å². The van der Waals surface area contributed by atoms with Crippen LogP contribution in [0.25, 0.3) is 70.3 Å². The Bertz CT molecular complexity index is 2430. The normalized spacial score (nSPS) is 13.4. The third-order valence-electron chi connectivity index (χ3n) is 10.9. The summed E-state index contributed by atoms with van der Waals surface area (Å²) in [5.74, 6) is 0. The van der Waals surface area contributed by atoms with Crippen molar-refractivity contribution in [1.29, 1.82) is 0 Å². The Morgan fingerprint density at radius 1 is 0.532 bits per heavy atom. The van der Waals surface area contributed by atoms with Gasteiger partial charge in [0.2, 0.25) is 0 Å². The molecule has 7 aromatic carbocycles. The minimum absolute atomic E-state index is 0.146. The van der Waals surface area contributed by atoms with Gasteiger partial charge in [-0.2, -0.15) is 0 Å². The van der Waals surface area contributed by atoms with Crippen molar-refractivity contribution in [3.63, 3.8) is 0 Å². The van der Waals surface area contributed by atoms with Gasteiger partial charge in [0.1, 0.15) is 0 Å². The first-order chi connectivity index (χ1) is 22.4. The highest BCUT2D eigenvalue weighted by Crippen LogP contribution is 2.49. The first-order valence-electron chi connectivity index (χ1n) is 17.7. The Labute approximate surface area is 278 Å². The zero-order chi connectivity index (χ0) is 33.2. The molecule has 8 aromatic rings. The van der Waals surface area contributed by atoms with Crippen LogP contribution >= 0.6 is 0 Å². The number of unbranched alkanes of at least 4 members (excludes halogenated alkanes) is 2. The van der Waals surface area contributed by atoms with Crippen LogP contribution in [0, 0.1) is 0 Å². The van der Waals surface area contributed by atoms with Crippen LogP contribution in [-0.4, -0.2) is 20.7 Å². The van der Waals surface area contributed by atoms with Gasteiger partial charge in [-0.05, 0) is 90.7 Å². The maximum atomic E-state index is 15.2. The topological polar surface area (TPSA) is 39.1 Å². The summed E-state index contributed by atoms with van der Waals surface area (Å²) in [6, 6.07) is 20.3. The van der Waals surface area contributed by atoms with E-state index in [-0.39, 0.29) is 11.1 Å². The highest BCUT2D eigenvalue weighted by atomic mass is 28.3. The molecule has 0 bridgehead atoms. The van der Waals surface area contributed by atoms with Crippen LogP contribution in [0.1, 0.15) is 50.7 Å². The molecule has 0 aliphatic rings. The van der Waals surface area contributed by atoms with Crippen molar-refractivity contribution in [3.05, 3.63) is 86.4 Å². The van der Waals surface area contributed by atoms with Gasteiger partial charge in [0.15, 0.2) is 0 Å². The summed E-state index contributed by atoms with van der Waals surface area (Å²) in [5, 5.41) is 16.1. The summed E-state index contributed by atoms with van der Waals surface area (Å²) in [6.45, 7) is 18.8. The zero-order valence-electron chi connectivity index (χ0n) is 29.2. The SMILES string of the molecule is CCCCc1cccc(CCCC)c1-n1c(=O)c2c3cc([Si](C)(C)C)c4ccc5ccc6c([Si](C)(C)C)cc(c2c1=O)c1c6c5c4c31. The highest BCUT2D eigenvalue weighted by molar-refractivity contribution is 6.91. The molecule has 0 atom stereocenters. The fraction of sp³-hybridized carbons (Fsp3) is 0.333. The Kier molecular flexibility index (Phi) is 6.72. The molecule has 0 saturated heterocycles.